The third-order valence-corrected chi connectivity index (χ3v) is 8.21. The Morgan fingerprint density at radius 3 is 2.59 bits per heavy atom. The van der Waals surface area contributed by atoms with E-state index in [4.69, 9.17) is 23.2 Å². The molecule has 0 radical (unpaired) electrons. The summed E-state index contributed by atoms with van der Waals surface area (Å²) in [5, 5.41) is 5.30. The molecule has 3 atom stereocenters. The first-order valence-electron chi connectivity index (χ1n) is 12.0. The van der Waals surface area contributed by atoms with Gasteiger partial charge in [-0.3, -0.25) is 14.3 Å². The van der Waals surface area contributed by atoms with Crippen LogP contribution in [0.5, 0.6) is 0 Å². The van der Waals surface area contributed by atoms with E-state index in [1.165, 1.54) is 12.1 Å². The number of carbonyl (C=O) groups is 2. The summed E-state index contributed by atoms with van der Waals surface area (Å²) in [7, 11) is 0. The van der Waals surface area contributed by atoms with Crippen molar-refractivity contribution in [1.29, 1.82) is 0 Å². The second-order valence-electron chi connectivity index (χ2n) is 9.78. The van der Waals surface area contributed by atoms with Gasteiger partial charge in [0.25, 0.3) is 5.91 Å². The molecule has 37 heavy (non-hydrogen) atoms. The van der Waals surface area contributed by atoms with Crippen molar-refractivity contribution in [2.75, 3.05) is 0 Å². The van der Waals surface area contributed by atoms with Crippen molar-refractivity contribution in [3.8, 4) is 0 Å². The number of carbonyl (C=O) groups excluding carboxylic acids is 2. The maximum atomic E-state index is 13.7. The fraction of sp³-hybridized carbons (Fsp3) is 0.370. The number of nitrogens with zero attached hydrogens (tertiary/aromatic N) is 3. The third-order valence-electron chi connectivity index (χ3n) is 7.48. The number of rotatable bonds is 3. The van der Waals surface area contributed by atoms with Gasteiger partial charge in [0.05, 0.1) is 27.8 Å². The van der Waals surface area contributed by atoms with Crippen molar-refractivity contribution in [2.24, 2.45) is 5.92 Å². The van der Waals surface area contributed by atoms with E-state index in [1.54, 1.807) is 34.7 Å². The molecule has 0 aliphatic carbocycles. The number of hydrogen-bond acceptors (Lipinski definition) is 3. The van der Waals surface area contributed by atoms with E-state index >= 15 is 0 Å². The number of halogens is 5. The highest BCUT2D eigenvalue weighted by Crippen LogP contribution is 2.39. The maximum absolute atomic E-state index is 13.7. The van der Waals surface area contributed by atoms with Crippen molar-refractivity contribution in [1.82, 2.24) is 14.7 Å². The Balaban J connectivity index is 1.44. The highest BCUT2D eigenvalue weighted by Gasteiger charge is 2.40. The minimum atomic E-state index is -4.45. The van der Waals surface area contributed by atoms with Crippen molar-refractivity contribution in [2.45, 2.75) is 57.9 Å². The SMILES string of the molecule is CC(c1cccc(C(F)(F)F)c1)C1CCn2nc3c(c2C1=O)CN(C(=O)c1ccc(Cl)c(Cl)c1)[C@H](C)C3. The van der Waals surface area contributed by atoms with Gasteiger partial charge in [-0.25, -0.2) is 0 Å². The van der Waals surface area contributed by atoms with Gasteiger partial charge < -0.3 is 4.90 Å². The summed E-state index contributed by atoms with van der Waals surface area (Å²) in [4.78, 5) is 28.8. The number of aryl methyl sites for hydroxylation is 1. The molecule has 2 unspecified atom stereocenters. The van der Waals surface area contributed by atoms with E-state index in [-0.39, 0.29) is 29.3 Å². The standard InChI is InChI=1S/C27H24Cl2F3N3O2/c1-14-10-23-20(13-34(14)26(37)17-6-7-21(28)22(29)12-17)24-25(36)19(8-9-35(24)33-23)15(2)16-4-3-5-18(11-16)27(30,31)32/h3-7,11-12,14-15,19H,8-10,13H2,1-2H3/t14-,15?,19?/m1/s1. The van der Waals surface area contributed by atoms with Gasteiger partial charge in [0, 0.05) is 36.1 Å². The monoisotopic (exact) mass is 549 g/mol. The molecule has 194 valence electrons. The Kier molecular flexibility index (Phi) is 6.61. The molecule has 0 saturated carbocycles. The highest BCUT2D eigenvalue weighted by atomic mass is 35.5. The summed E-state index contributed by atoms with van der Waals surface area (Å²) in [6, 6.07) is 9.73. The van der Waals surface area contributed by atoms with Crippen molar-refractivity contribution >= 4 is 34.9 Å². The Morgan fingerprint density at radius 2 is 1.89 bits per heavy atom. The van der Waals surface area contributed by atoms with E-state index in [2.05, 4.69) is 5.10 Å². The van der Waals surface area contributed by atoms with Crippen molar-refractivity contribution < 1.29 is 22.8 Å². The molecule has 2 aliphatic heterocycles. The minimum absolute atomic E-state index is 0.151. The van der Waals surface area contributed by atoms with Gasteiger partial charge >= 0.3 is 6.18 Å². The Bertz CT molecular complexity index is 1400. The van der Waals surface area contributed by atoms with Gasteiger partial charge in [0.1, 0.15) is 5.69 Å². The Hall–Kier alpha value is -2.84. The van der Waals surface area contributed by atoms with Crippen LogP contribution < -0.4 is 0 Å². The summed E-state index contributed by atoms with van der Waals surface area (Å²) >= 11 is 12.1. The average molecular weight is 550 g/mol. The lowest BCUT2D eigenvalue weighted by atomic mass is 9.78. The van der Waals surface area contributed by atoms with Crippen LogP contribution >= 0.6 is 23.2 Å². The lowest BCUT2D eigenvalue weighted by Crippen LogP contribution is -2.43. The molecule has 3 aromatic rings. The second-order valence-corrected chi connectivity index (χ2v) is 10.6. The fourth-order valence-corrected chi connectivity index (χ4v) is 5.67. The molecule has 0 spiro atoms. The second kappa shape index (κ2) is 9.48. The normalized spacial score (nSPS) is 20.4. The molecule has 3 heterocycles. The van der Waals surface area contributed by atoms with Crippen LogP contribution in [0.2, 0.25) is 10.0 Å². The molecule has 2 aliphatic rings. The van der Waals surface area contributed by atoms with E-state index in [0.29, 0.717) is 46.8 Å². The molecule has 1 aromatic heterocycles. The largest absolute Gasteiger partial charge is 0.416 e. The minimum Gasteiger partial charge on any atom is -0.331 e. The van der Waals surface area contributed by atoms with Crippen LogP contribution in [0.15, 0.2) is 42.5 Å². The summed E-state index contributed by atoms with van der Waals surface area (Å²) in [5.74, 6) is -1.28. The van der Waals surface area contributed by atoms with Gasteiger partial charge in [-0.2, -0.15) is 18.3 Å². The number of aromatic nitrogens is 2. The topological polar surface area (TPSA) is 55.2 Å². The van der Waals surface area contributed by atoms with E-state index < -0.39 is 23.6 Å². The summed E-state index contributed by atoms with van der Waals surface area (Å²) in [5.41, 5.74) is 2.07. The highest BCUT2D eigenvalue weighted by molar-refractivity contribution is 6.42. The summed E-state index contributed by atoms with van der Waals surface area (Å²) < 4.78 is 41.5. The first-order valence-corrected chi connectivity index (χ1v) is 12.8. The maximum Gasteiger partial charge on any atom is 0.416 e. The number of benzene rings is 2. The molecule has 5 rings (SSSR count). The van der Waals surface area contributed by atoms with Crippen molar-refractivity contribution in [3.05, 3.63) is 86.2 Å². The first kappa shape index (κ1) is 25.8. The Labute approximate surface area is 222 Å². The Morgan fingerprint density at radius 1 is 1.14 bits per heavy atom. The predicted octanol–water partition coefficient (Wildman–Crippen LogP) is 6.80. The van der Waals surface area contributed by atoms with E-state index in [9.17, 15) is 22.8 Å². The van der Waals surface area contributed by atoms with Gasteiger partial charge in [-0.15, -0.1) is 0 Å². The number of ketones is 1. The van der Waals surface area contributed by atoms with Crippen LogP contribution in [-0.2, 0) is 25.7 Å². The zero-order chi connectivity index (χ0) is 26.6. The predicted molar refractivity (Wildman–Crippen MR) is 134 cm³/mol. The van der Waals surface area contributed by atoms with E-state index in [0.717, 1.165) is 17.8 Å². The molecule has 0 fully saturated rings. The molecule has 0 saturated heterocycles. The number of alkyl halides is 3. The quantitative estimate of drug-likeness (QED) is 0.361. The summed E-state index contributed by atoms with van der Waals surface area (Å²) in [6.07, 6.45) is -3.49. The van der Waals surface area contributed by atoms with Gasteiger partial charge in [0.2, 0.25) is 0 Å². The van der Waals surface area contributed by atoms with Crippen LogP contribution in [-0.4, -0.2) is 32.4 Å². The van der Waals surface area contributed by atoms with Gasteiger partial charge in [-0.05, 0) is 49.1 Å². The number of hydrogen-bond donors (Lipinski definition) is 0. The molecule has 0 N–H and O–H groups in total. The van der Waals surface area contributed by atoms with E-state index in [1.807, 2.05) is 6.92 Å². The molecule has 10 heteroatoms. The van der Waals surface area contributed by atoms with Crippen LogP contribution in [0.3, 0.4) is 0 Å². The lowest BCUT2D eigenvalue weighted by molar-refractivity contribution is -0.137. The summed E-state index contributed by atoms with van der Waals surface area (Å²) in [6.45, 7) is 4.41. The lowest BCUT2D eigenvalue weighted by Gasteiger charge is -2.34. The zero-order valence-corrected chi connectivity index (χ0v) is 21.7. The molecular weight excluding hydrogens is 526 g/mol. The molecule has 0 bridgehead atoms. The number of amides is 1. The molecular formula is C27H24Cl2F3N3O2. The van der Waals surface area contributed by atoms with Gasteiger partial charge in [0.15, 0.2) is 5.78 Å². The average Bonchev–Trinajstić information content (AvgIpc) is 3.22. The molecule has 5 nitrogen and oxygen atoms in total. The third kappa shape index (κ3) is 4.66. The van der Waals surface area contributed by atoms with Crippen LogP contribution in [0.1, 0.15) is 69.4 Å². The molecule has 1 amide bonds. The van der Waals surface area contributed by atoms with Crippen LogP contribution in [0, 0.1) is 5.92 Å². The van der Waals surface area contributed by atoms with Crippen LogP contribution in [0.4, 0.5) is 13.2 Å². The fourth-order valence-electron chi connectivity index (χ4n) is 5.38. The smallest absolute Gasteiger partial charge is 0.331 e. The van der Waals surface area contributed by atoms with Crippen molar-refractivity contribution in [3.63, 3.8) is 0 Å². The zero-order valence-electron chi connectivity index (χ0n) is 20.1. The molecule has 2 aromatic carbocycles. The number of fused-ring (bicyclic) bond motifs is 3. The number of Topliss-reactive ketones (excluding diaryl/α,β-unsaturated/α-hetero) is 1. The first-order chi connectivity index (χ1) is 17.5. The van der Waals surface area contributed by atoms with Gasteiger partial charge in [-0.1, -0.05) is 48.3 Å². The van der Waals surface area contributed by atoms with Crippen LogP contribution in [0.25, 0.3) is 0 Å².